The van der Waals surface area contributed by atoms with Gasteiger partial charge in [0.2, 0.25) is 11.8 Å². The van der Waals surface area contributed by atoms with Gasteiger partial charge in [-0.3, -0.25) is 14.4 Å². The summed E-state index contributed by atoms with van der Waals surface area (Å²) in [7, 11) is 3.11. The molecule has 0 bridgehead atoms. The van der Waals surface area contributed by atoms with Crippen LogP contribution in [0.15, 0.2) is 78.9 Å². The molecule has 2 heterocycles. The van der Waals surface area contributed by atoms with Crippen molar-refractivity contribution in [2.75, 3.05) is 20.0 Å². The molecule has 3 atom stereocenters. The SMILES string of the molecule is COc1ccc(C(OC(=O)[C@H]2C(=O)CS[C@H]3[C@H](NC(=O)Cc4ccccc4)C(=O)N23)c2ccc(OC)cc2)cc1. The summed E-state index contributed by atoms with van der Waals surface area (Å²) >= 11 is 1.23. The van der Waals surface area contributed by atoms with Gasteiger partial charge >= 0.3 is 5.97 Å². The van der Waals surface area contributed by atoms with Crippen LogP contribution in [0.4, 0.5) is 0 Å². The van der Waals surface area contributed by atoms with E-state index in [9.17, 15) is 19.2 Å². The van der Waals surface area contributed by atoms with Crippen molar-refractivity contribution in [2.24, 2.45) is 0 Å². The molecule has 0 radical (unpaired) electrons. The molecule has 2 amide bonds. The Morgan fingerprint density at radius 2 is 1.48 bits per heavy atom. The van der Waals surface area contributed by atoms with Gasteiger partial charge < -0.3 is 24.4 Å². The van der Waals surface area contributed by atoms with Crippen molar-refractivity contribution < 1.29 is 33.4 Å². The highest BCUT2D eigenvalue weighted by Gasteiger charge is 2.58. The van der Waals surface area contributed by atoms with E-state index in [4.69, 9.17) is 14.2 Å². The number of amides is 2. The van der Waals surface area contributed by atoms with Crippen molar-refractivity contribution in [3.63, 3.8) is 0 Å². The molecule has 2 aliphatic rings. The number of β-lactam (4-membered cyclic amide) rings is 1. The molecule has 0 unspecified atom stereocenters. The van der Waals surface area contributed by atoms with Crippen LogP contribution in [0.25, 0.3) is 0 Å². The van der Waals surface area contributed by atoms with Crippen LogP contribution in [0.5, 0.6) is 11.5 Å². The third-order valence-corrected chi connectivity index (χ3v) is 8.17. The van der Waals surface area contributed by atoms with Crippen molar-refractivity contribution in [1.29, 1.82) is 0 Å². The van der Waals surface area contributed by atoms with E-state index in [2.05, 4.69) is 5.32 Å². The zero-order chi connectivity index (χ0) is 28.2. The first-order valence-electron chi connectivity index (χ1n) is 12.7. The summed E-state index contributed by atoms with van der Waals surface area (Å²) in [6.45, 7) is 0. The van der Waals surface area contributed by atoms with Crippen LogP contribution in [0.2, 0.25) is 0 Å². The van der Waals surface area contributed by atoms with Crippen LogP contribution in [-0.2, 0) is 30.3 Å². The lowest BCUT2D eigenvalue weighted by atomic mass is 9.98. The molecular weight excluding hydrogens is 532 g/mol. The molecular formula is C30H28N2O7S. The number of carbonyl (C=O) groups is 4. The summed E-state index contributed by atoms with van der Waals surface area (Å²) in [6, 6.07) is 21.1. The molecule has 1 N–H and O–H groups in total. The minimum absolute atomic E-state index is 0.0228. The lowest BCUT2D eigenvalue weighted by Crippen LogP contribution is -2.76. The maximum absolute atomic E-state index is 13.5. The largest absolute Gasteiger partial charge is 0.497 e. The normalized spacial score (nSPS) is 19.9. The molecule has 2 saturated heterocycles. The molecule has 9 nitrogen and oxygen atoms in total. The molecule has 2 aliphatic heterocycles. The van der Waals surface area contributed by atoms with Gasteiger partial charge in [-0.05, 0) is 41.0 Å². The number of rotatable bonds is 9. The standard InChI is InChI=1S/C30H28N2O7S/c1-37-21-12-8-19(9-13-21)27(20-10-14-22(38-2)15-11-20)39-30(36)26-23(33)17-40-29-25(28(35)32(26)29)31-24(34)16-18-6-4-3-5-7-18/h3-15,25-27,29H,16-17H2,1-2H3,(H,31,34)/t25-,26-,29+/m1/s1. The van der Waals surface area contributed by atoms with Crippen LogP contribution >= 0.6 is 11.8 Å². The molecule has 0 aromatic heterocycles. The number of nitrogens with one attached hydrogen (secondary N) is 1. The molecule has 0 saturated carbocycles. The summed E-state index contributed by atoms with van der Waals surface area (Å²) in [5, 5.41) is 2.23. The zero-order valence-electron chi connectivity index (χ0n) is 21.9. The van der Waals surface area contributed by atoms with Gasteiger partial charge in [0, 0.05) is 0 Å². The number of esters is 1. The van der Waals surface area contributed by atoms with E-state index in [1.54, 1.807) is 62.8 Å². The number of methoxy groups -OCH3 is 2. The van der Waals surface area contributed by atoms with E-state index in [0.717, 1.165) is 5.56 Å². The summed E-state index contributed by atoms with van der Waals surface area (Å²) in [5.74, 6) is -0.741. The predicted molar refractivity (Wildman–Crippen MR) is 148 cm³/mol. The van der Waals surface area contributed by atoms with Gasteiger partial charge in [0.1, 0.15) is 22.9 Å². The molecule has 10 heteroatoms. The molecule has 206 valence electrons. The minimum Gasteiger partial charge on any atom is -0.497 e. The third kappa shape index (κ3) is 5.53. The van der Waals surface area contributed by atoms with Crippen molar-refractivity contribution in [2.45, 2.75) is 30.0 Å². The number of fused-ring (bicyclic) bond motifs is 1. The Balaban J connectivity index is 1.33. The summed E-state index contributed by atoms with van der Waals surface area (Å²) in [4.78, 5) is 53.4. The van der Waals surface area contributed by atoms with Gasteiger partial charge in [0.25, 0.3) is 0 Å². The molecule has 5 rings (SSSR count). The second-order valence-corrected chi connectivity index (χ2v) is 10.5. The highest BCUT2D eigenvalue weighted by molar-refractivity contribution is 8.00. The van der Waals surface area contributed by atoms with Gasteiger partial charge in [-0.15, -0.1) is 11.8 Å². The number of hydrogen-bond donors (Lipinski definition) is 1. The van der Waals surface area contributed by atoms with Gasteiger partial charge in [-0.2, -0.15) is 0 Å². The number of ether oxygens (including phenoxy) is 3. The molecule has 40 heavy (non-hydrogen) atoms. The smallest absolute Gasteiger partial charge is 0.337 e. The maximum Gasteiger partial charge on any atom is 0.337 e. The second kappa shape index (κ2) is 11.8. The first kappa shape index (κ1) is 27.3. The van der Waals surface area contributed by atoms with Crippen molar-refractivity contribution in [3.8, 4) is 11.5 Å². The first-order chi connectivity index (χ1) is 19.4. The van der Waals surface area contributed by atoms with Crippen molar-refractivity contribution in [1.82, 2.24) is 10.2 Å². The van der Waals surface area contributed by atoms with E-state index in [-0.39, 0.29) is 18.1 Å². The van der Waals surface area contributed by atoms with Crippen LogP contribution in [0.1, 0.15) is 22.8 Å². The first-order valence-corrected chi connectivity index (χ1v) is 13.7. The Morgan fingerprint density at radius 3 is 2.02 bits per heavy atom. The van der Waals surface area contributed by atoms with Crippen LogP contribution in [-0.4, -0.2) is 65.9 Å². The van der Waals surface area contributed by atoms with Gasteiger partial charge in [-0.25, -0.2) is 4.79 Å². The zero-order valence-corrected chi connectivity index (χ0v) is 22.8. The van der Waals surface area contributed by atoms with Crippen LogP contribution < -0.4 is 14.8 Å². The van der Waals surface area contributed by atoms with Gasteiger partial charge in [0.15, 0.2) is 17.9 Å². The summed E-state index contributed by atoms with van der Waals surface area (Å²) in [6.07, 6.45) is -0.722. The monoisotopic (exact) mass is 560 g/mol. The third-order valence-electron chi connectivity index (χ3n) is 6.88. The van der Waals surface area contributed by atoms with E-state index < -0.39 is 41.2 Å². The lowest BCUT2D eigenvalue weighted by molar-refractivity contribution is -0.170. The van der Waals surface area contributed by atoms with Crippen molar-refractivity contribution >= 4 is 35.3 Å². The van der Waals surface area contributed by atoms with Crippen LogP contribution in [0.3, 0.4) is 0 Å². The van der Waals surface area contributed by atoms with E-state index in [1.165, 1.54) is 16.7 Å². The molecule has 0 aliphatic carbocycles. The molecule has 3 aromatic carbocycles. The van der Waals surface area contributed by atoms with E-state index in [1.807, 2.05) is 30.3 Å². The highest BCUT2D eigenvalue weighted by Crippen LogP contribution is 2.38. The molecule has 3 aromatic rings. The Labute approximate surface area is 235 Å². The topological polar surface area (TPSA) is 111 Å². The number of ketones is 1. The summed E-state index contributed by atoms with van der Waals surface area (Å²) in [5.41, 5.74) is 2.14. The van der Waals surface area contributed by atoms with E-state index in [0.29, 0.717) is 22.6 Å². The Kier molecular flexibility index (Phi) is 8.06. The average Bonchev–Trinajstić information content (AvgIpc) is 2.99. The number of hydrogen-bond acceptors (Lipinski definition) is 8. The fourth-order valence-corrected chi connectivity index (χ4v) is 6.05. The quantitative estimate of drug-likeness (QED) is 0.242. The van der Waals surface area contributed by atoms with E-state index >= 15 is 0 Å². The fraction of sp³-hybridized carbons (Fsp3) is 0.267. The maximum atomic E-state index is 13.5. The number of benzene rings is 3. The Bertz CT molecular complexity index is 1350. The second-order valence-electron chi connectivity index (χ2n) is 9.39. The fourth-order valence-electron chi connectivity index (χ4n) is 4.79. The minimum atomic E-state index is -1.39. The lowest BCUT2D eigenvalue weighted by Gasteiger charge is -2.51. The number of Topliss-reactive ketones (excluding diaryl/α,β-unsaturated/α-hetero) is 1. The molecule has 0 spiro atoms. The van der Waals surface area contributed by atoms with Gasteiger partial charge in [0.05, 0.1) is 26.4 Å². The van der Waals surface area contributed by atoms with Crippen molar-refractivity contribution in [3.05, 3.63) is 95.6 Å². The number of nitrogens with zero attached hydrogens (tertiary/aromatic N) is 1. The Hall–Kier alpha value is -4.31. The Morgan fingerprint density at radius 1 is 0.900 bits per heavy atom. The highest BCUT2D eigenvalue weighted by atomic mass is 32.2. The summed E-state index contributed by atoms with van der Waals surface area (Å²) < 4.78 is 16.4. The average molecular weight is 561 g/mol. The number of thioether (sulfide) groups is 1. The predicted octanol–water partition coefficient (Wildman–Crippen LogP) is 2.92. The number of carbonyl (C=O) groups excluding carboxylic acids is 4. The van der Waals surface area contributed by atoms with Gasteiger partial charge in [-0.1, -0.05) is 54.6 Å². The molecule has 2 fully saturated rings. The van der Waals surface area contributed by atoms with Crippen LogP contribution in [0, 0.1) is 0 Å².